The van der Waals surface area contributed by atoms with E-state index in [0.29, 0.717) is 36.3 Å². The molecule has 0 heterocycles. The van der Waals surface area contributed by atoms with Gasteiger partial charge in [0.2, 0.25) is 0 Å². The first-order chi connectivity index (χ1) is 10.0. The van der Waals surface area contributed by atoms with Gasteiger partial charge in [0.1, 0.15) is 11.5 Å². The molecule has 21 heavy (non-hydrogen) atoms. The van der Waals surface area contributed by atoms with Gasteiger partial charge in [-0.05, 0) is 73.6 Å². The second kappa shape index (κ2) is 4.33. The van der Waals surface area contributed by atoms with Gasteiger partial charge in [0.25, 0.3) is 0 Å². The van der Waals surface area contributed by atoms with E-state index in [-0.39, 0.29) is 5.78 Å². The van der Waals surface area contributed by atoms with E-state index in [9.17, 15) is 15.0 Å². The second-order valence-electron chi connectivity index (χ2n) is 7.29. The molecule has 2 fully saturated rings. The third kappa shape index (κ3) is 1.67. The van der Waals surface area contributed by atoms with E-state index in [2.05, 4.69) is 0 Å². The highest BCUT2D eigenvalue weighted by Gasteiger charge is 2.59. The third-order valence-electron chi connectivity index (χ3n) is 6.53. The minimum absolute atomic E-state index is 0.259. The Morgan fingerprint density at radius 2 is 2.05 bits per heavy atom. The van der Waals surface area contributed by atoms with Crippen LogP contribution in [0.4, 0.5) is 0 Å². The molecule has 3 aliphatic rings. The van der Waals surface area contributed by atoms with E-state index in [1.807, 2.05) is 19.1 Å². The van der Waals surface area contributed by atoms with Crippen LogP contribution in [0.5, 0.6) is 5.75 Å². The van der Waals surface area contributed by atoms with Crippen LogP contribution in [-0.2, 0) is 11.2 Å². The standard InChI is InChI=1S/C18H22O3/c1-18-15(6-7-16(18)20)13-4-2-10-8-11(19)3-5-12(10)14(13)9-17(18)21/h3,5,8,13-15,17,19,21H,2,4,6-7,9H2,1H3/t13-,14-,15+,17?,18+/m1/s1. The van der Waals surface area contributed by atoms with Gasteiger partial charge in [0.15, 0.2) is 0 Å². The summed E-state index contributed by atoms with van der Waals surface area (Å²) < 4.78 is 0. The summed E-state index contributed by atoms with van der Waals surface area (Å²) in [4.78, 5) is 12.3. The summed E-state index contributed by atoms with van der Waals surface area (Å²) >= 11 is 0. The smallest absolute Gasteiger partial charge is 0.141 e. The van der Waals surface area contributed by atoms with E-state index >= 15 is 0 Å². The maximum Gasteiger partial charge on any atom is 0.141 e. The molecule has 3 heteroatoms. The summed E-state index contributed by atoms with van der Waals surface area (Å²) in [6.45, 7) is 1.99. The fraction of sp³-hybridized carbons (Fsp3) is 0.611. The number of rotatable bonds is 0. The van der Waals surface area contributed by atoms with Gasteiger partial charge in [0, 0.05) is 6.42 Å². The maximum absolute atomic E-state index is 12.3. The van der Waals surface area contributed by atoms with Crippen molar-refractivity contribution in [2.45, 2.75) is 51.0 Å². The van der Waals surface area contributed by atoms with Crippen molar-refractivity contribution in [1.82, 2.24) is 0 Å². The molecule has 2 N–H and O–H groups in total. The number of hydrogen-bond acceptors (Lipinski definition) is 3. The van der Waals surface area contributed by atoms with Crippen LogP contribution < -0.4 is 0 Å². The molecule has 1 aromatic rings. The molecule has 0 spiro atoms. The normalized spacial score (nSPS) is 41.3. The van der Waals surface area contributed by atoms with Crippen LogP contribution in [0.3, 0.4) is 0 Å². The molecule has 0 aromatic heterocycles. The number of benzene rings is 1. The van der Waals surface area contributed by atoms with Gasteiger partial charge in [-0.1, -0.05) is 6.07 Å². The molecule has 1 aromatic carbocycles. The van der Waals surface area contributed by atoms with E-state index in [0.717, 1.165) is 19.3 Å². The molecule has 3 aliphatic carbocycles. The van der Waals surface area contributed by atoms with Gasteiger partial charge in [-0.25, -0.2) is 0 Å². The lowest BCUT2D eigenvalue weighted by molar-refractivity contribution is -0.140. The lowest BCUT2D eigenvalue weighted by atomic mass is 9.54. The van der Waals surface area contributed by atoms with Crippen molar-refractivity contribution in [2.24, 2.45) is 17.3 Å². The maximum atomic E-state index is 12.3. The average Bonchev–Trinajstić information content (AvgIpc) is 2.77. The lowest BCUT2D eigenvalue weighted by Gasteiger charge is -2.50. The number of aliphatic hydroxyl groups is 1. The van der Waals surface area contributed by atoms with Crippen LogP contribution >= 0.6 is 0 Å². The van der Waals surface area contributed by atoms with E-state index in [1.165, 1.54) is 11.1 Å². The molecule has 1 unspecified atom stereocenters. The second-order valence-corrected chi connectivity index (χ2v) is 7.29. The summed E-state index contributed by atoms with van der Waals surface area (Å²) in [5, 5.41) is 20.3. The summed E-state index contributed by atoms with van der Waals surface area (Å²) in [5.74, 6) is 1.75. The fourth-order valence-electron chi connectivity index (χ4n) is 5.35. The number of aliphatic hydroxyl groups excluding tert-OH is 1. The molecule has 0 radical (unpaired) electrons. The Hall–Kier alpha value is -1.35. The topological polar surface area (TPSA) is 57.5 Å². The lowest BCUT2D eigenvalue weighted by Crippen LogP contribution is -2.51. The molecular formula is C18H22O3. The summed E-state index contributed by atoms with van der Waals surface area (Å²) in [6, 6.07) is 5.64. The monoisotopic (exact) mass is 286 g/mol. The predicted molar refractivity (Wildman–Crippen MR) is 79.1 cm³/mol. The van der Waals surface area contributed by atoms with Crippen molar-refractivity contribution in [3.63, 3.8) is 0 Å². The van der Waals surface area contributed by atoms with Crippen molar-refractivity contribution in [3.05, 3.63) is 29.3 Å². The molecule has 4 rings (SSSR count). The number of phenols is 1. The van der Waals surface area contributed by atoms with Gasteiger partial charge in [-0.15, -0.1) is 0 Å². The number of phenolic OH excluding ortho intramolecular Hbond substituents is 1. The number of aryl methyl sites for hydroxylation is 1. The Bertz CT molecular complexity index is 608. The quantitative estimate of drug-likeness (QED) is 0.771. The fourth-order valence-corrected chi connectivity index (χ4v) is 5.35. The predicted octanol–water partition coefficient (Wildman–Crippen LogP) is 2.79. The van der Waals surface area contributed by atoms with E-state index < -0.39 is 11.5 Å². The van der Waals surface area contributed by atoms with E-state index in [1.54, 1.807) is 6.07 Å². The largest absolute Gasteiger partial charge is 0.508 e. The highest BCUT2D eigenvalue weighted by Crippen LogP contribution is 2.59. The molecule has 112 valence electrons. The van der Waals surface area contributed by atoms with E-state index in [4.69, 9.17) is 0 Å². The average molecular weight is 286 g/mol. The summed E-state index contributed by atoms with van der Waals surface area (Å²) in [7, 11) is 0. The molecule has 0 saturated heterocycles. The van der Waals surface area contributed by atoms with Crippen LogP contribution in [0, 0.1) is 17.3 Å². The highest BCUT2D eigenvalue weighted by molar-refractivity contribution is 5.88. The number of fused-ring (bicyclic) bond motifs is 5. The summed E-state index contributed by atoms with van der Waals surface area (Å²) in [5.41, 5.74) is 1.98. The number of Topliss-reactive ketones (excluding diaryl/α,β-unsaturated/α-hetero) is 1. The van der Waals surface area contributed by atoms with Crippen LogP contribution in [0.2, 0.25) is 0 Å². The number of carbonyl (C=O) groups excluding carboxylic acids is 1. The Morgan fingerprint density at radius 1 is 1.24 bits per heavy atom. The van der Waals surface area contributed by atoms with Crippen LogP contribution in [0.1, 0.15) is 49.7 Å². The molecule has 3 nitrogen and oxygen atoms in total. The van der Waals surface area contributed by atoms with Crippen molar-refractivity contribution in [2.75, 3.05) is 0 Å². The number of carbonyl (C=O) groups is 1. The molecule has 2 saturated carbocycles. The number of hydrogen-bond donors (Lipinski definition) is 2. The zero-order chi connectivity index (χ0) is 14.8. The Labute approximate surface area is 125 Å². The van der Waals surface area contributed by atoms with Gasteiger partial charge >= 0.3 is 0 Å². The van der Waals surface area contributed by atoms with Gasteiger partial charge in [-0.2, -0.15) is 0 Å². The molecule has 5 atom stereocenters. The first-order valence-electron chi connectivity index (χ1n) is 8.05. The Kier molecular flexibility index (Phi) is 2.74. The highest BCUT2D eigenvalue weighted by atomic mass is 16.3. The first kappa shape index (κ1) is 13.3. The Balaban J connectivity index is 1.77. The van der Waals surface area contributed by atoms with Crippen LogP contribution in [-0.4, -0.2) is 22.1 Å². The Morgan fingerprint density at radius 3 is 2.86 bits per heavy atom. The number of ketones is 1. The van der Waals surface area contributed by atoms with Crippen LogP contribution in [0.15, 0.2) is 18.2 Å². The molecular weight excluding hydrogens is 264 g/mol. The van der Waals surface area contributed by atoms with Gasteiger partial charge < -0.3 is 10.2 Å². The van der Waals surface area contributed by atoms with Crippen LogP contribution in [0.25, 0.3) is 0 Å². The third-order valence-corrected chi connectivity index (χ3v) is 6.53. The van der Waals surface area contributed by atoms with Crippen molar-refractivity contribution < 1.29 is 15.0 Å². The van der Waals surface area contributed by atoms with Crippen molar-refractivity contribution in [3.8, 4) is 5.75 Å². The van der Waals surface area contributed by atoms with Gasteiger partial charge in [-0.3, -0.25) is 4.79 Å². The number of aromatic hydroxyl groups is 1. The van der Waals surface area contributed by atoms with Gasteiger partial charge in [0.05, 0.1) is 11.5 Å². The van der Waals surface area contributed by atoms with Crippen molar-refractivity contribution >= 4 is 5.78 Å². The molecule has 0 amide bonds. The first-order valence-corrected chi connectivity index (χ1v) is 8.05. The summed E-state index contributed by atoms with van der Waals surface area (Å²) in [6.07, 6.45) is 3.76. The zero-order valence-corrected chi connectivity index (χ0v) is 12.4. The SMILES string of the molecule is C[C@@]12C(=O)CC[C@H]1[C@@H]1CCc3cc(O)ccc3[C@H]1CC2O. The molecule has 0 aliphatic heterocycles. The molecule has 0 bridgehead atoms. The van der Waals surface area contributed by atoms with Crippen molar-refractivity contribution in [1.29, 1.82) is 0 Å². The minimum Gasteiger partial charge on any atom is -0.508 e. The zero-order valence-electron chi connectivity index (χ0n) is 12.4. The minimum atomic E-state index is -0.529.